The second-order valence-electron chi connectivity index (χ2n) is 4.86. The second kappa shape index (κ2) is 4.04. The van der Waals surface area contributed by atoms with Gasteiger partial charge >= 0.3 is 0 Å². The molecule has 1 saturated heterocycles. The minimum atomic E-state index is 0.637. The van der Waals surface area contributed by atoms with Crippen molar-refractivity contribution < 1.29 is 0 Å². The van der Waals surface area contributed by atoms with Gasteiger partial charge in [-0.05, 0) is 37.9 Å². The van der Waals surface area contributed by atoms with Crippen LogP contribution in [0.5, 0.6) is 0 Å². The Kier molecular flexibility index (Phi) is 2.52. The Hall–Kier alpha value is -1.55. The number of H-pyrrole nitrogens is 1. The van der Waals surface area contributed by atoms with Gasteiger partial charge < -0.3 is 10.6 Å². The van der Waals surface area contributed by atoms with Gasteiger partial charge in [-0.1, -0.05) is 6.07 Å². The largest absolute Gasteiger partial charge is 0.371 e. The first-order valence-electron chi connectivity index (χ1n) is 6.18. The molecule has 0 aliphatic carbocycles. The van der Waals surface area contributed by atoms with Crippen LogP contribution in [-0.4, -0.2) is 29.8 Å². The number of rotatable bonds is 2. The molecule has 0 spiro atoms. The van der Waals surface area contributed by atoms with Gasteiger partial charge in [-0.25, -0.2) is 0 Å². The topological polar surface area (TPSA) is 57.9 Å². The second-order valence-corrected chi connectivity index (χ2v) is 4.86. The van der Waals surface area contributed by atoms with Gasteiger partial charge in [0.05, 0.1) is 5.52 Å². The fraction of sp³-hybridized carbons (Fsp3) is 0.462. The molecule has 90 valence electrons. The number of benzene rings is 1. The predicted octanol–water partition coefficient (Wildman–Crippen LogP) is 1.66. The van der Waals surface area contributed by atoms with Gasteiger partial charge in [-0.2, -0.15) is 5.10 Å². The smallest absolute Gasteiger partial charge is 0.0944 e. The van der Waals surface area contributed by atoms with E-state index in [2.05, 4.69) is 40.2 Å². The Morgan fingerprint density at radius 1 is 1.53 bits per heavy atom. The van der Waals surface area contributed by atoms with E-state index in [0.29, 0.717) is 5.92 Å². The zero-order valence-corrected chi connectivity index (χ0v) is 10.1. The average Bonchev–Trinajstić information content (AvgIpc) is 2.96. The van der Waals surface area contributed by atoms with Crippen molar-refractivity contribution in [3.63, 3.8) is 0 Å². The van der Waals surface area contributed by atoms with Crippen LogP contribution < -0.4 is 10.6 Å². The maximum absolute atomic E-state index is 5.75. The van der Waals surface area contributed by atoms with Crippen LogP contribution in [0.3, 0.4) is 0 Å². The first-order chi connectivity index (χ1) is 8.29. The number of nitrogens with one attached hydrogen (secondary N) is 1. The van der Waals surface area contributed by atoms with Crippen LogP contribution >= 0.6 is 0 Å². The molecule has 4 heteroatoms. The number of anilines is 1. The zero-order valence-electron chi connectivity index (χ0n) is 10.1. The number of hydrogen-bond donors (Lipinski definition) is 2. The molecule has 4 nitrogen and oxygen atoms in total. The Labute approximate surface area is 101 Å². The molecule has 1 aliphatic rings. The Bertz CT molecular complexity index is 531. The Morgan fingerprint density at radius 2 is 2.41 bits per heavy atom. The fourth-order valence-electron chi connectivity index (χ4n) is 2.71. The predicted molar refractivity (Wildman–Crippen MR) is 70.2 cm³/mol. The molecule has 1 atom stereocenters. The molecule has 17 heavy (non-hydrogen) atoms. The molecule has 0 radical (unpaired) electrons. The lowest BCUT2D eigenvalue weighted by Gasteiger charge is -2.19. The van der Waals surface area contributed by atoms with E-state index >= 15 is 0 Å². The normalized spacial score (nSPS) is 20.4. The third kappa shape index (κ3) is 1.69. The molecular formula is C13H18N4. The maximum Gasteiger partial charge on any atom is 0.0944 e. The minimum Gasteiger partial charge on any atom is -0.371 e. The molecule has 0 saturated carbocycles. The molecule has 3 N–H and O–H groups in total. The van der Waals surface area contributed by atoms with Crippen molar-refractivity contribution in [1.29, 1.82) is 0 Å². The molecule has 1 aromatic carbocycles. The highest BCUT2D eigenvalue weighted by molar-refractivity contribution is 5.94. The minimum absolute atomic E-state index is 0.637. The van der Waals surface area contributed by atoms with Gasteiger partial charge in [0, 0.05) is 29.9 Å². The highest BCUT2D eigenvalue weighted by Gasteiger charge is 2.23. The molecule has 1 aliphatic heterocycles. The maximum atomic E-state index is 5.75. The van der Waals surface area contributed by atoms with Crippen LogP contribution in [0, 0.1) is 12.8 Å². The summed E-state index contributed by atoms with van der Waals surface area (Å²) in [5.41, 5.74) is 9.24. The van der Waals surface area contributed by atoms with Gasteiger partial charge in [0.25, 0.3) is 0 Å². The van der Waals surface area contributed by atoms with E-state index in [9.17, 15) is 0 Å². The molecule has 2 aromatic rings. The van der Waals surface area contributed by atoms with E-state index < -0.39 is 0 Å². The van der Waals surface area contributed by atoms with E-state index in [-0.39, 0.29) is 0 Å². The van der Waals surface area contributed by atoms with Crippen molar-refractivity contribution in [2.24, 2.45) is 11.7 Å². The molecule has 2 heterocycles. The number of aromatic amines is 1. The van der Waals surface area contributed by atoms with Crippen LogP contribution in [0.1, 0.15) is 12.1 Å². The summed E-state index contributed by atoms with van der Waals surface area (Å²) in [6.07, 6.45) is 1.20. The van der Waals surface area contributed by atoms with E-state index in [1.165, 1.54) is 17.5 Å². The standard InChI is InChI=1S/C13H18N4/c1-9-13-11(16-15-9)3-2-4-12(13)17-6-5-10(7-14)8-17/h2-4,10H,5-8,14H2,1H3,(H,15,16). The zero-order chi connectivity index (χ0) is 11.8. The first kappa shape index (κ1) is 10.6. The van der Waals surface area contributed by atoms with E-state index in [4.69, 9.17) is 5.73 Å². The van der Waals surface area contributed by atoms with Gasteiger partial charge in [0.2, 0.25) is 0 Å². The molecule has 0 bridgehead atoms. The Morgan fingerprint density at radius 3 is 3.18 bits per heavy atom. The lowest BCUT2D eigenvalue weighted by atomic mass is 10.1. The van der Waals surface area contributed by atoms with Crippen molar-refractivity contribution in [2.75, 3.05) is 24.5 Å². The first-order valence-corrected chi connectivity index (χ1v) is 6.18. The number of nitrogens with two attached hydrogens (primary N) is 1. The van der Waals surface area contributed by atoms with Crippen molar-refractivity contribution in [1.82, 2.24) is 10.2 Å². The van der Waals surface area contributed by atoms with Gasteiger partial charge in [-0.3, -0.25) is 5.10 Å². The Balaban J connectivity index is 2.03. The number of nitrogens with zero attached hydrogens (tertiary/aromatic N) is 2. The third-order valence-corrected chi connectivity index (χ3v) is 3.70. The van der Waals surface area contributed by atoms with Crippen molar-refractivity contribution >= 4 is 16.6 Å². The van der Waals surface area contributed by atoms with E-state index in [1.807, 2.05) is 0 Å². The summed E-state index contributed by atoms with van der Waals surface area (Å²) in [4.78, 5) is 2.43. The number of hydrogen-bond acceptors (Lipinski definition) is 3. The van der Waals surface area contributed by atoms with E-state index in [1.54, 1.807) is 0 Å². The van der Waals surface area contributed by atoms with Gasteiger partial charge in [0.1, 0.15) is 0 Å². The molecule has 3 rings (SSSR count). The third-order valence-electron chi connectivity index (χ3n) is 3.70. The lowest BCUT2D eigenvalue weighted by Crippen LogP contribution is -2.22. The molecule has 1 unspecified atom stereocenters. The van der Waals surface area contributed by atoms with Crippen LogP contribution in [0.4, 0.5) is 5.69 Å². The summed E-state index contributed by atoms with van der Waals surface area (Å²) >= 11 is 0. The summed E-state index contributed by atoms with van der Waals surface area (Å²) in [7, 11) is 0. The highest BCUT2D eigenvalue weighted by atomic mass is 15.2. The lowest BCUT2D eigenvalue weighted by molar-refractivity contribution is 0.603. The summed E-state index contributed by atoms with van der Waals surface area (Å²) in [6.45, 7) is 5.04. The average molecular weight is 230 g/mol. The summed E-state index contributed by atoms with van der Waals surface area (Å²) in [6, 6.07) is 6.32. The molecule has 0 amide bonds. The molecule has 1 fully saturated rings. The van der Waals surface area contributed by atoms with Crippen molar-refractivity contribution in [2.45, 2.75) is 13.3 Å². The highest BCUT2D eigenvalue weighted by Crippen LogP contribution is 2.31. The van der Waals surface area contributed by atoms with Crippen LogP contribution in [0.15, 0.2) is 18.2 Å². The summed E-state index contributed by atoms with van der Waals surface area (Å²) in [5, 5.41) is 8.63. The fourth-order valence-corrected chi connectivity index (χ4v) is 2.71. The summed E-state index contributed by atoms with van der Waals surface area (Å²) in [5.74, 6) is 0.637. The van der Waals surface area contributed by atoms with Crippen molar-refractivity contribution in [3.05, 3.63) is 23.9 Å². The van der Waals surface area contributed by atoms with Crippen molar-refractivity contribution in [3.8, 4) is 0 Å². The summed E-state index contributed by atoms with van der Waals surface area (Å²) < 4.78 is 0. The number of aryl methyl sites for hydroxylation is 1. The SMILES string of the molecule is Cc1[nH]nc2cccc(N3CCC(CN)C3)c12. The number of aromatic nitrogens is 2. The van der Waals surface area contributed by atoms with Crippen LogP contribution in [0.2, 0.25) is 0 Å². The van der Waals surface area contributed by atoms with E-state index in [0.717, 1.165) is 30.8 Å². The van der Waals surface area contributed by atoms with Gasteiger partial charge in [-0.15, -0.1) is 0 Å². The quantitative estimate of drug-likeness (QED) is 0.825. The number of fused-ring (bicyclic) bond motifs is 1. The van der Waals surface area contributed by atoms with Gasteiger partial charge in [0.15, 0.2) is 0 Å². The molecule has 1 aromatic heterocycles. The van der Waals surface area contributed by atoms with Crippen LogP contribution in [0.25, 0.3) is 10.9 Å². The van der Waals surface area contributed by atoms with Crippen LogP contribution in [-0.2, 0) is 0 Å². The monoisotopic (exact) mass is 230 g/mol. The molecular weight excluding hydrogens is 212 g/mol.